The van der Waals surface area contributed by atoms with Crippen LogP contribution in [0.5, 0.6) is 28.7 Å². The lowest BCUT2D eigenvalue weighted by Crippen LogP contribution is -2.14. The minimum Gasteiger partial charge on any atom is -0.507 e. The van der Waals surface area contributed by atoms with Gasteiger partial charge in [-0.25, -0.2) is 0 Å². The highest BCUT2D eigenvalue weighted by Gasteiger charge is 2.25. The second-order valence-corrected chi connectivity index (χ2v) is 8.14. The highest BCUT2D eigenvalue weighted by molar-refractivity contribution is 5.88. The average Bonchev–Trinajstić information content (AvgIpc) is 2.78. The fraction of sp³-hybridized carbons (Fsp3) is 0.143. The summed E-state index contributed by atoms with van der Waals surface area (Å²) in [4.78, 5) is 1.81. The minimum absolute atomic E-state index is 0.0802. The number of anilines is 3. The maximum atomic E-state index is 10.9. The third-order valence-electron chi connectivity index (χ3n) is 5.79. The number of hydrogen-bond donors (Lipinski definition) is 3. The van der Waals surface area contributed by atoms with Gasteiger partial charge < -0.3 is 20.1 Å². The van der Waals surface area contributed by atoms with Crippen LogP contribution >= 0.6 is 0 Å². The Bertz CT molecular complexity index is 1240. The van der Waals surface area contributed by atoms with Crippen LogP contribution in [0, 0.1) is 27.7 Å². The highest BCUT2D eigenvalue weighted by Crippen LogP contribution is 2.50. The molecule has 0 aliphatic heterocycles. The molecule has 5 nitrogen and oxygen atoms in total. The van der Waals surface area contributed by atoms with E-state index < -0.39 is 0 Å². The maximum Gasteiger partial charge on any atom is 0.151 e. The van der Waals surface area contributed by atoms with E-state index in [-0.39, 0.29) is 17.2 Å². The zero-order valence-corrected chi connectivity index (χ0v) is 19.1. The molecule has 0 heterocycles. The first kappa shape index (κ1) is 22.1. The van der Waals surface area contributed by atoms with Crippen LogP contribution in [0.25, 0.3) is 0 Å². The zero-order valence-electron chi connectivity index (χ0n) is 19.1. The summed E-state index contributed by atoms with van der Waals surface area (Å²) in [5, 5.41) is 32.1. The van der Waals surface area contributed by atoms with Crippen molar-refractivity contribution >= 4 is 17.1 Å². The molecule has 3 N–H and O–H groups in total. The monoisotopic (exact) mass is 441 g/mol. The van der Waals surface area contributed by atoms with E-state index in [1.54, 1.807) is 37.3 Å². The van der Waals surface area contributed by atoms with Crippen molar-refractivity contribution in [2.24, 2.45) is 0 Å². The quantitative estimate of drug-likeness (QED) is 0.303. The van der Waals surface area contributed by atoms with Crippen LogP contribution in [0.3, 0.4) is 0 Å². The van der Waals surface area contributed by atoms with E-state index in [0.717, 1.165) is 16.7 Å². The second-order valence-electron chi connectivity index (χ2n) is 8.14. The molecule has 0 spiro atoms. The van der Waals surface area contributed by atoms with Gasteiger partial charge in [-0.05, 0) is 74.7 Å². The highest BCUT2D eigenvalue weighted by atomic mass is 16.5. The van der Waals surface area contributed by atoms with Crippen LogP contribution in [-0.2, 0) is 0 Å². The molecule has 0 fully saturated rings. The van der Waals surface area contributed by atoms with Crippen LogP contribution in [-0.4, -0.2) is 15.3 Å². The Balaban J connectivity index is 1.96. The Kier molecular flexibility index (Phi) is 5.88. The van der Waals surface area contributed by atoms with Gasteiger partial charge in [0.1, 0.15) is 23.0 Å². The second kappa shape index (κ2) is 8.79. The largest absolute Gasteiger partial charge is 0.507 e. The number of aryl methyl sites for hydroxylation is 3. The van der Waals surface area contributed by atoms with Crippen molar-refractivity contribution in [1.29, 1.82) is 0 Å². The Labute approximate surface area is 193 Å². The number of para-hydroxylation sites is 4. The van der Waals surface area contributed by atoms with Gasteiger partial charge in [-0.2, -0.15) is 0 Å². The summed E-state index contributed by atoms with van der Waals surface area (Å²) in [5.41, 5.74) is 4.78. The molecule has 0 atom stereocenters. The van der Waals surface area contributed by atoms with Crippen LogP contribution in [0.1, 0.15) is 22.3 Å². The molecule has 0 bridgehead atoms. The molecular weight excluding hydrogens is 414 g/mol. The van der Waals surface area contributed by atoms with Crippen molar-refractivity contribution in [2.75, 3.05) is 4.90 Å². The van der Waals surface area contributed by atoms with Crippen LogP contribution < -0.4 is 9.64 Å². The number of ether oxygens (including phenoxy) is 1. The fourth-order valence-electron chi connectivity index (χ4n) is 4.00. The van der Waals surface area contributed by atoms with E-state index in [1.165, 1.54) is 0 Å². The molecule has 0 radical (unpaired) electrons. The summed E-state index contributed by atoms with van der Waals surface area (Å²) in [7, 11) is 0. The van der Waals surface area contributed by atoms with Gasteiger partial charge in [0.25, 0.3) is 0 Å². The Morgan fingerprint density at radius 1 is 0.576 bits per heavy atom. The number of phenols is 3. The first-order chi connectivity index (χ1) is 15.8. The van der Waals surface area contributed by atoms with Crippen molar-refractivity contribution < 1.29 is 20.1 Å². The summed E-state index contributed by atoms with van der Waals surface area (Å²) < 4.78 is 6.29. The lowest BCUT2D eigenvalue weighted by molar-refractivity contribution is 0.445. The smallest absolute Gasteiger partial charge is 0.151 e. The lowest BCUT2D eigenvalue weighted by atomic mass is 10.1. The number of rotatable bonds is 5. The van der Waals surface area contributed by atoms with Crippen molar-refractivity contribution in [2.45, 2.75) is 27.7 Å². The molecule has 168 valence electrons. The first-order valence-electron chi connectivity index (χ1n) is 10.7. The Hall–Kier alpha value is -4.12. The maximum absolute atomic E-state index is 10.9. The molecule has 0 saturated carbocycles. The van der Waals surface area contributed by atoms with E-state index in [1.807, 2.05) is 68.1 Å². The molecule has 0 aromatic heterocycles. The van der Waals surface area contributed by atoms with Gasteiger partial charge in [-0.15, -0.1) is 0 Å². The summed E-state index contributed by atoms with van der Waals surface area (Å²) in [6.07, 6.45) is 0. The van der Waals surface area contributed by atoms with E-state index >= 15 is 0 Å². The summed E-state index contributed by atoms with van der Waals surface area (Å²) in [5.74, 6) is 1.38. The molecule has 33 heavy (non-hydrogen) atoms. The summed E-state index contributed by atoms with van der Waals surface area (Å²) >= 11 is 0. The minimum atomic E-state index is 0.0802. The van der Waals surface area contributed by atoms with Crippen LogP contribution in [0.15, 0.2) is 72.8 Å². The van der Waals surface area contributed by atoms with E-state index in [0.29, 0.717) is 34.1 Å². The van der Waals surface area contributed by atoms with Gasteiger partial charge in [0.05, 0.1) is 17.1 Å². The number of phenolic OH excluding ortho intramolecular Hbond substituents is 3. The average molecular weight is 442 g/mol. The molecule has 0 saturated heterocycles. The van der Waals surface area contributed by atoms with Crippen molar-refractivity contribution in [3.05, 3.63) is 95.1 Å². The molecule has 4 aromatic rings. The van der Waals surface area contributed by atoms with Crippen molar-refractivity contribution in [1.82, 2.24) is 0 Å². The van der Waals surface area contributed by atoms with E-state index in [2.05, 4.69) is 0 Å². The van der Waals surface area contributed by atoms with E-state index in [4.69, 9.17) is 4.74 Å². The van der Waals surface area contributed by atoms with Gasteiger partial charge >= 0.3 is 0 Å². The van der Waals surface area contributed by atoms with Gasteiger partial charge in [0.15, 0.2) is 5.75 Å². The summed E-state index contributed by atoms with van der Waals surface area (Å²) in [6.45, 7) is 7.45. The topological polar surface area (TPSA) is 73.2 Å². The van der Waals surface area contributed by atoms with Crippen molar-refractivity contribution in [3.8, 4) is 28.7 Å². The third kappa shape index (κ3) is 4.05. The van der Waals surface area contributed by atoms with E-state index in [9.17, 15) is 15.3 Å². The van der Waals surface area contributed by atoms with Gasteiger partial charge in [0, 0.05) is 5.56 Å². The zero-order chi connectivity index (χ0) is 23.7. The molecule has 0 aliphatic carbocycles. The first-order valence-corrected chi connectivity index (χ1v) is 10.7. The van der Waals surface area contributed by atoms with Gasteiger partial charge in [-0.1, -0.05) is 42.5 Å². The normalized spacial score (nSPS) is 10.8. The van der Waals surface area contributed by atoms with Crippen molar-refractivity contribution in [3.63, 3.8) is 0 Å². The molecule has 4 aromatic carbocycles. The fourth-order valence-corrected chi connectivity index (χ4v) is 4.00. The predicted octanol–water partition coefficient (Wildman–Crippen LogP) is 7.30. The number of benzene rings is 4. The van der Waals surface area contributed by atoms with Crippen LogP contribution in [0.2, 0.25) is 0 Å². The number of aromatic hydroxyl groups is 3. The Morgan fingerprint density at radius 3 is 1.73 bits per heavy atom. The van der Waals surface area contributed by atoms with Gasteiger partial charge in [-0.3, -0.25) is 4.90 Å². The number of hydrogen-bond acceptors (Lipinski definition) is 5. The molecule has 0 aliphatic rings. The standard InChI is InChI=1S/C28H27NO4/c1-17-9-7-12-22(30)26(17)29(27-18(2)10-8-13-23(27)31)21-11-5-6-14-25(21)33-24-16-15-19(3)28(32)20(24)4/h5-16,30-32H,1-4H3. The molecule has 0 amide bonds. The lowest BCUT2D eigenvalue weighted by Gasteiger charge is -2.30. The molecule has 0 unspecified atom stereocenters. The predicted molar refractivity (Wildman–Crippen MR) is 132 cm³/mol. The molecule has 4 rings (SSSR count). The Morgan fingerprint density at radius 2 is 1.15 bits per heavy atom. The SMILES string of the molecule is Cc1ccc(Oc2ccccc2N(c2c(C)cccc2O)c2c(C)cccc2O)c(C)c1O. The number of nitrogens with zero attached hydrogens (tertiary/aromatic N) is 1. The molecule has 5 heteroatoms. The van der Waals surface area contributed by atoms with Crippen LogP contribution in [0.4, 0.5) is 17.1 Å². The summed E-state index contributed by atoms with van der Waals surface area (Å²) in [6, 6.07) is 21.7. The molecular formula is C28H27NO4. The third-order valence-corrected chi connectivity index (χ3v) is 5.79. The van der Waals surface area contributed by atoms with Gasteiger partial charge in [0.2, 0.25) is 0 Å².